The van der Waals surface area contributed by atoms with Gasteiger partial charge in [0.1, 0.15) is 0 Å². The van der Waals surface area contributed by atoms with E-state index >= 15 is 0 Å². The van der Waals surface area contributed by atoms with Crippen molar-refractivity contribution in [1.82, 2.24) is 15.5 Å². The van der Waals surface area contributed by atoms with Gasteiger partial charge in [-0.1, -0.05) is 0 Å². The number of carbonyl (C=O) groups excluding carboxylic acids is 1. The van der Waals surface area contributed by atoms with E-state index in [2.05, 4.69) is 31.5 Å². The minimum absolute atomic E-state index is 0. The fourth-order valence-electron chi connectivity index (χ4n) is 2.46. The number of nitrogens with zero attached hydrogens (tertiary/aromatic N) is 1. The van der Waals surface area contributed by atoms with Gasteiger partial charge in [-0.3, -0.25) is 9.69 Å². The molecular formula is C14H19BrClN3O3. The summed E-state index contributed by atoms with van der Waals surface area (Å²) >= 11 is 3.40. The lowest BCUT2D eigenvalue weighted by Gasteiger charge is -2.27. The van der Waals surface area contributed by atoms with Gasteiger partial charge in [0.05, 0.1) is 4.47 Å². The third-order valence-corrected chi connectivity index (χ3v) is 4.20. The zero-order chi connectivity index (χ0) is 14.7. The molecule has 122 valence electrons. The first-order valence-corrected chi connectivity index (χ1v) is 7.84. The Hall–Kier alpha value is -1.02. The Morgan fingerprint density at radius 3 is 2.86 bits per heavy atom. The minimum atomic E-state index is -0.0934. The van der Waals surface area contributed by atoms with Crippen LogP contribution in [-0.2, 0) is 0 Å². The summed E-state index contributed by atoms with van der Waals surface area (Å²) in [6.07, 6.45) is 0. The van der Waals surface area contributed by atoms with E-state index in [1.54, 1.807) is 12.1 Å². The smallest absolute Gasteiger partial charge is 0.251 e. The Bertz CT molecular complexity index is 538. The third kappa shape index (κ3) is 4.04. The fraction of sp³-hybridized carbons (Fsp3) is 0.500. The molecule has 2 aliphatic rings. The molecule has 8 heteroatoms. The molecule has 0 spiro atoms. The van der Waals surface area contributed by atoms with Crippen LogP contribution in [0.3, 0.4) is 0 Å². The van der Waals surface area contributed by atoms with Crippen molar-refractivity contribution in [3.63, 3.8) is 0 Å². The lowest BCUT2D eigenvalue weighted by atomic mass is 10.2. The Kier molecular flexibility index (Phi) is 6.31. The molecule has 0 aromatic heterocycles. The molecule has 2 N–H and O–H groups in total. The molecule has 0 atom stereocenters. The second-order valence-corrected chi connectivity index (χ2v) is 5.89. The molecule has 2 heterocycles. The summed E-state index contributed by atoms with van der Waals surface area (Å²) in [7, 11) is 0. The van der Waals surface area contributed by atoms with E-state index in [-0.39, 0.29) is 25.1 Å². The van der Waals surface area contributed by atoms with Crippen LogP contribution in [0.1, 0.15) is 10.4 Å². The first-order chi connectivity index (χ1) is 10.2. The number of piperazine rings is 1. The maximum absolute atomic E-state index is 12.2. The topological polar surface area (TPSA) is 62.8 Å². The van der Waals surface area contributed by atoms with Gasteiger partial charge in [0.2, 0.25) is 6.79 Å². The number of benzene rings is 1. The van der Waals surface area contributed by atoms with Crippen molar-refractivity contribution in [2.24, 2.45) is 0 Å². The Morgan fingerprint density at radius 2 is 2.09 bits per heavy atom. The molecule has 1 fully saturated rings. The van der Waals surface area contributed by atoms with Crippen LogP contribution in [0.5, 0.6) is 11.5 Å². The van der Waals surface area contributed by atoms with E-state index in [1.165, 1.54) is 0 Å². The van der Waals surface area contributed by atoms with Gasteiger partial charge in [-0.05, 0) is 28.1 Å². The molecule has 22 heavy (non-hydrogen) atoms. The summed E-state index contributed by atoms with van der Waals surface area (Å²) in [6.45, 7) is 5.81. The molecular weight excluding hydrogens is 374 g/mol. The summed E-state index contributed by atoms with van der Waals surface area (Å²) in [4.78, 5) is 14.5. The maximum atomic E-state index is 12.2. The van der Waals surface area contributed by atoms with Crippen LogP contribution < -0.4 is 20.1 Å². The molecule has 0 saturated carbocycles. The van der Waals surface area contributed by atoms with Crippen molar-refractivity contribution < 1.29 is 14.3 Å². The third-order valence-electron chi connectivity index (χ3n) is 3.61. The maximum Gasteiger partial charge on any atom is 0.251 e. The van der Waals surface area contributed by atoms with Gasteiger partial charge in [-0.2, -0.15) is 0 Å². The van der Waals surface area contributed by atoms with E-state index < -0.39 is 0 Å². The number of amides is 1. The van der Waals surface area contributed by atoms with Crippen molar-refractivity contribution in [3.05, 3.63) is 22.2 Å². The highest BCUT2D eigenvalue weighted by Gasteiger charge is 2.20. The molecule has 2 aliphatic heterocycles. The van der Waals surface area contributed by atoms with Gasteiger partial charge in [0, 0.05) is 44.8 Å². The first-order valence-electron chi connectivity index (χ1n) is 7.04. The van der Waals surface area contributed by atoms with Crippen molar-refractivity contribution in [3.8, 4) is 11.5 Å². The average molecular weight is 393 g/mol. The summed E-state index contributed by atoms with van der Waals surface area (Å²) in [6, 6.07) is 3.47. The highest BCUT2D eigenvalue weighted by molar-refractivity contribution is 9.10. The highest BCUT2D eigenvalue weighted by atomic mass is 79.9. The van der Waals surface area contributed by atoms with Crippen LogP contribution in [0.2, 0.25) is 0 Å². The van der Waals surface area contributed by atoms with Crippen molar-refractivity contribution in [1.29, 1.82) is 0 Å². The summed E-state index contributed by atoms with van der Waals surface area (Å²) in [5, 5.41) is 6.26. The van der Waals surface area contributed by atoms with E-state index in [0.717, 1.165) is 37.2 Å². The fourth-order valence-corrected chi connectivity index (χ4v) is 3.02. The van der Waals surface area contributed by atoms with E-state index in [9.17, 15) is 4.79 Å². The number of nitrogens with one attached hydrogen (secondary N) is 2. The van der Waals surface area contributed by atoms with Crippen LogP contribution in [0.25, 0.3) is 0 Å². The highest BCUT2D eigenvalue weighted by Crippen LogP contribution is 2.39. The Labute approximate surface area is 144 Å². The standard InChI is InChI=1S/C14H18BrN3O3.ClH/c15-11-7-10(8-12-13(11)21-9-20-12)14(19)17-3-6-18-4-1-16-2-5-18;/h7-8,16H,1-6,9H2,(H,17,19);1H. The van der Waals surface area contributed by atoms with E-state index in [0.29, 0.717) is 23.6 Å². The quantitative estimate of drug-likeness (QED) is 0.807. The number of fused-ring (bicyclic) bond motifs is 1. The average Bonchev–Trinajstić information content (AvgIpc) is 2.97. The zero-order valence-corrected chi connectivity index (χ0v) is 14.5. The van der Waals surface area contributed by atoms with Gasteiger partial charge in [-0.25, -0.2) is 0 Å². The molecule has 1 amide bonds. The van der Waals surface area contributed by atoms with E-state index in [1.807, 2.05) is 0 Å². The van der Waals surface area contributed by atoms with Crippen LogP contribution in [0.15, 0.2) is 16.6 Å². The van der Waals surface area contributed by atoms with Crippen LogP contribution in [0, 0.1) is 0 Å². The lowest BCUT2D eigenvalue weighted by molar-refractivity contribution is 0.0946. The number of hydrogen-bond donors (Lipinski definition) is 2. The minimum Gasteiger partial charge on any atom is -0.454 e. The van der Waals surface area contributed by atoms with Crippen LogP contribution >= 0.6 is 28.3 Å². The number of halogens is 2. The summed E-state index contributed by atoms with van der Waals surface area (Å²) in [5.74, 6) is 1.17. The van der Waals surface area contributed by atoms with Gasteiger partial charge in [0.15, 0.2) is 11.5 Å². The van der Waals surface area contributed by atoms with Crippen LogP contribution in [0.4, 0.5) is 0 Å². The molecule has 6 nitrogen and oxygen atoms in total. The SMILES string of the molecule is Cl.O=C(NCCN1CCNCC1)c1cc(Br)c2c(c1)OCO2. The number of hydrogen-bond acceptors (Lipinski definition) is 5. The zero-order valence-electron chi connectivity index (χ0n) is 12.1. The van der Waals surface area contributed by atoms with Gasteiger partial charge in [0.25, 0.3) is 5.91 Å². The normalized spacial score (nSPS) is 17.0. The van der Waals surface area contributed by atoms with E-state index in [4.69, 9.17) is 9.47 Å². The summed E-state index contributed by atoms with van der Waals surface area (Å²) in [5.41, 5.74) is 0.575. The lowest BCUT2D eigenvalue weighted by Crippen LogP contribution is -2.46. The first kappa shape index (κ1) is 17.3. The molecule has 3 rings (SSSR count). The molecule has 0 aliphatic carbocycles. The summed E-state index contributed by atoms with van der Waals surface area (Å²) < 4.78 is 11.4. The van der Waals surface area contributed by atoms with Crippen molar-refractivity contribution in [2.45, 2.75) is 0 Å². The molecule has 1 aromatic carbocycles. The second-order valence-electron chi connectivity index (χ2n) is 5.04. The van der Waals surface area contributed by atoms with Gasteiger partial charge >= 0.3 is 0 Å². The van der Waals surface area contributed by atoms with Gasteiger partial charge < -0.3 is 20.1 Å². The van der Waals surface area contributed by atoms with Gasteiger partial charge in [-0.15, -0.1) is 12.4 Å². The predicted octanol–water partition coefficient (Wildman–Crippen LogP) is 1.23. The van der Waals surface area contributed by atoms with Crippen LogP contribution in [-0.4, -0.2) is 56.9 Å². The molecule has 0 unspecified atom stereocenters. The second kappa shape index (κ2) is 8.01. The molecule has 1 saturated heterocycles. The Balaban J connectivity index is 0.00000176. The predicted molar refractivity (Wildman–Crippen MR) is 89.2 cm³/mol. The largest absolute Gasteiger partial charge is 0.454 e. The molecule has 0 bridgehead atoms. The monoisotopic (exact) mass is 391 g/mol. The van der Waals surface area contributed by atoms with Crippen molar-refractivity contribution in [2.75, 3.05) is 46.1 Å². The number of rotatable bonds is 4. The molecule has 0 radical (unpaired) electrons. The number of ether oxygens (including phenoxy) is 2. The molecule has 1 aromatic rings. The Morgan fingerprint density at radius 1 is 1.32 bits per heavy atom. The van der Waals surface area contributed by atoms with Crippen molar-refractivity contribution >= 4 is 34.2 Å². The number of carbonyl (C=O) groups is 1.